The zero-order valence-corrected chi connectivity index (χ0v) is 14.6. The van der Waals surface area contributed by atoms with Gasteiger partial charge in [-0.25, -0.2) is 12.7 Å². The van der Waals surface area contributed by atoms with Gasteiger partial charge < -0.3 is 11.1 Å². The lowest BCUT2D eigenvalue weighted by Gasteiger charge is -2.32. The Bertz CT molecular complexity index is 597. The van der Waals surface area contributed by atoms with Crippen molar-refractivity contribution in [3.63, 3.8) is 0 Å². The summed E-state index contributed by atoms with van der Waals surface area (Å²) in [5, 5.41) is 3.92. The molecular weight excluding hydrogens is 308 g/mol. The van der Waals surface area contributed by atoms with Gasteiger partial charge in [-0.15, -0.1) is 0 Å². The second-order valence-electron chi connectivity index (χ2n) is 6.12. The van der Waals surface area contributed by atoms with Crippen molar-refractivity contribution in [2.24, 2.45) is 11.8 Å². The molecule has 0 radical (unpaired) electrons. The molecule has 21 heavy (non-hydrogen) atoms. The Morgan fingerprint density at radius 1 is 1.29 bits per heavy atom. The lowest BCUT2D eigenvalue weighted by molar-refractivity contribution is 0.261. The van der Waals surface area contributed by atoms with Crippen LogP contribution in [0.2, 0.25) is 0 Å². The third kappa shape index (κ3) is 3.32. The van der Waals surface area contributed by atoms with Crippen molar-refractivity contribution in [1.29, 1.82) is 0 Å². The second kappa shape index (κ2) is 6.10. The van der Waals surface area contributed by atoms with Crippen LogP contribution >= 0.6 is 11.5 Å². The van der Waals surface area contributed by atoms with Crippen molar-refractivity contribution in [3.8, 4) is 0 Å². The van der Waals surface area contributed by atoms with E-state index in [9.17, 15) is 8.42 Å². The maximum absolute atomic E-state index is 12.4. The molecule has 1 fully saturated rings. The first-order valence-corrected chi connectivity index (χ1v) is 9.39. The van der Waals surface area contributed by atoms with E-state index in [2.05, 4.69) is 23.5 Å². The Hall–Kier alpha value is -0.860. The highest BCUT2D eigenvalue weighted by atomic mass is 32.2. The quantitative estimate of drug-likeness (QED) is 0.882. The molecule has 1 aromatic rings. The van der Waals surface area contributed by atoms with Crippen LogP contribution < -0.4 is 11.1 Å². The molecule has 0 spiro atoms. The number of nitrogen functional groups attached to an aromatic ring is 1. The highest BCUT2D eigenvalue weighted by molar-refractivity contribution is 7.89. The molecule has 0 bridgehead atoms. The Balaban J connectivity index is 2.23. The molecule has 0 aromatic carbocycles. The van der Waals surface area contributed by atoms with E-state index in [1.54, 1.807) is 0 Å². The second-order valence-corrected chi connectivity index (χ2v) is 8.98. The summed E-state index contributed by atoms with van der Waals surface area (Å²) in [6.45, 7) is 4.52. The number of anilines is 2. The van der Waals surface area contributed by atoms with Crippen LogP contribution in [0.25, 0.3) is 0 Å². The first-order chi connectivity index (χ1) is 9.73. The standard InChI is InChI=1S/C13H24N4O2S2/c1-8-5-6-10(7-9(8)2)15-13-11(12(14)16-20-13)21(18,19)17(3)4/h8-10,15H,5-7H2,1-4H3,(H2,14,16). The minimum atomic E-state index is -3.58. The summed E-state index contributed by atoms with van der Waals surface area (Å²) in [6, 6.07) is 0.284. The number of hydrogen-bond donors (Lipinski definition) is 2. The molecule has 1 aliphatic carbocycles. The van der Waals surface area contributed by atoms with Gasteiger partial charge in [0.25, 0.3) is 0 Å². The third-order valence-corrected chi connectivity index (χ3v) is 7.16. The fourth-order valence-corrected chi connectivity index (χ4v) is 4.82. The number of rotatable bonds is 4. The number of aromatic nitrogens is 1. The molecule has 6 nitrogen and oxygen atoms in total. The minimum absolute atomic E-state index is 0.0772. The van der Waals surface area contributed by atoms with Crippen LogP contribution in [-0.2, 0) is 10.0 Å². The van der Waals surface area contributed by atoms with E-state index >= 15 is 0 Å². The van der Waals surface area contributed by atoms with Crippen LogP contribution in [0.15, 0.2) is 4.90 Å². The SMILES string of the molecule is CC1CCC(Nc2snc(N)c2S(=O)(=O)N(C)C)CC1C. The largest absolute Gasteiger partial charge is 0.382 e. The van der Waals surface area contributed by atoms with Crippen LogP contribution in [0.5, 0.6) is 0 Å². The summed E-state index contributed by atoms with van der Waals surface area (Å²) in [5.41, 5.74) is 5.77. The third-order valence-electron chi connectivity index (χ3n) is 4.35. The van der Waals surface area contributed by atoms with Gasteiger partial charge in [0.15, 0.2) is 10.7 Å². The van der Waals surface area contributed by atoms with Crippen molar-refractivity contribution >= 4 is 32.4 Å². The normalized spacial score (nSPS) is 27.0. The lowest BCUT2D eigenvalue weighted by Crippen LogP contribution is -2.31. The summed E-state index contributed by atoms with van der Waals surface area (Å²) >= 11 is 1.12. The molecule has 1 saturated carbocycles. The van der Waals surface area contributed by atoms with Crippen molar-refractivity contribution in [3.05, 3.63) is 0 Å². The Kier molecular flexibility index (Phi) is 4.79. The van der Waals surface area contributed by atoms with Crippen molar-refractivity contribution in [2.45, 2.75) is 44.0 Å². The van der Waals surface area contributed by atoms with E-state index in [1.807, 2.05) is 0 Å². The topological polar surface area (TPSA) is 88.3 Å². The molecule has 1 aromatic heterocycles. The van der Waals surface area contributed by atoms with E-state index in [4.69, 9.17) is 5.73 Å². The van der Waals surface area contributed by atoms with Gasteiger partial charge in [0.1, 0.15) is 5.00 Å². The molecule has 3 unspecified atom stereocenters. The molecule has 2 rings (SSSR count). The number of hydrogen-bond acceptors (Lipinski definition) is 6. The average Bonchev–Trinajstić information content (AvgIpc) is 2.75. The van der Waals surface area contributed by atoms with E-state index in [0.29, 0.717) is 10.9 Å². The number of nitrogens with one attached hydrogen (secondary N) is 1. The van der Waals surface area contributed by atoms with Gasteiger partial charge in [-0.3, -0.25) is 0 Å². The van der Waals surface area contributed by atoms with E-state index in [0.717, 1.165) is 36.7 Å². The molecule has 0 saturated heterocycles. The predicted molar refractivity (Wildman–Crippen MR) is 87.0 cm³/mol. The van der Waals surface area contributed by atoms with Gasteiger partial charge >= 0.3 is 0 Å². The molecule has 3 N–H and O–H groups in total. The van der Waals surface area contributed by atoms with Gasteiger partial charge in [-0.05, 0) is 42.6 Å². The van der Waals surface area contributed by atoms with Crippen molar-refractivity contribution in [2.75, 3.05) is 25.1 Å². The van der Waals surface area contributed by atoms with Gasteiger partial charge in [0.2, 0.25) is 10.0 Å². The van der Waals surface area contributed by atoms with Crippen LogP contribution in [-0.4, -0.2) is 37.2 Å². The summed E-state index contributed by atoms with van der Waals surface area (Å²) in [7, 11) is -0.575. The summed E-state index contributed by atoms with van der Waals surface area (Å²) < 4.78 is 29.9. The van der Waals surface area contributed by atoms with E-state index in [1.165, 1.54) is 18.4 Å². The zero-order chi connectivity index (χ0) is 15.8. The van der Waals surface area contributed by atoms with Crippen LogP contribution in [0.4, 0.5) is 10.8 Å². The minimum Gasteiger partial charge on any atom is -0.382 e. The molecule has 1 heterocycles. The van der Waals surface area contributed by atoms with E-state index in [-0.39, 0.29) is 16.8 Å². The highest BCUT2D eigenvalue weighted by Gasteiger charge is 2.30. The number of sulfonamides is 1. The maximum Gasteiger partial charge on any atom is 0.249 e. The monoisotopic (exact) mass is 332 g/mol. The summed E-state index contributed by atoms with van der Waals surface area (Å²) in [6.07, 6.45) is 3.24. The van der Waals surface area contributed by atoms with Gasteiger partial charge in [-0.1, -0.05) is 13.8 Å². The van der Waals surface area contributed by atoms with Crippen LogP contribution in [0, 0.1) is 11.8 Å². The Morgan fingerprint density at radius 3 is 2.52 bits per heavy atom. The molecule has 0 aliphatic heterocycles. The van der Waals surface area contributed by atoms with Crippen LogP contribution in [0.3, 0.4) is 0 Å². The maximum atomic E-state index is 12.4. The molecule has 1 aliphatic rings. The number of nitrogens with zero attached hydrogens (tertiary/aromatic N) is 2. The molecule has 0 amide bonds. The molecule has 3 atom stereocenters. The number of nitrogens with two attached hydrogens (primary N) is 1. The first-order valence-electron chi connectivity index (χ1n) is 7.17. The highest BCUT2D eigenvalue weighted by Crippen LogP contribution is 2.36. The van der Waals surface area contributed by atoms with Crippen molar-refractivity contribution < 1.29 is 8.42 Å². The predicted octanol–water partition coefficient (Wildman–Crippen LogP) is 2.21. The average molecular weight is 332 g/mol. The Morgan fingerprint density at radius 2 is 1.95 bits per heavy atom. The lowest BCUT2D eigenvalue weighted by atomic mass is 9.79. The smallest absolute Gasteiger partial charge is 0.249 e. The molecule has 8 heteroatoms. The fraction of sp³-hybridized carbons (Fsp3) is 0.769. The fourth-order valence-electron chi connectivity index (χ4n) is 2.68. The van der Waals surface area contributed by atoms with E-state index < -0.39 is 10.0 Å². The van der Waals surface area contributed by atoms with Gasteiger partial charge in [0, 0.05) is 20.1 Å². The van der Waals surface area contributed by atoms with Crippen LogP contribution in [0.1, 0.15) is 33.1 Å². The summed E-state index contributed by atoms with van der Waals surface area (Å²) in [5.74, 6) is 1.43. The van der Waals surface area contributed by atoms with Gasteiger partial charge in [0.05, 0.1) is 0 Å². The molecular formula is C13H24N4O2S2. The summed E-state index contributed by atoms with van der Waals surface area (Å²) in [4.78, 5) is 0.115. The zero-order valence-electron chi connectivity index (χ0n) is 13.0. The Labute approximate surface area is 130 Å². The molecule has 120 valence electrons. The first kappa shape index (κ1) is 16.5. The van der Waals surface area contributed by atoms with Crippen molar-refractivity contribution in [1.82, 2.24) is 8.68 Å². The van der Waals surface area contributed by atoms with Gasteiger partial charge in [-0.2, -0.15) is 4.37 Å².